The third-order valence-electron chi connectivity index (χ3n) is 2.89. The summed E-state index contributed by atoms with van der Waals surface area (Å²) in [7, 11) is -2.92. The molecule has 16 heavy (non-hydrogen) atoms. The number of hydrogen-bond acceptors (Lipinski definition) is 4. The first-order valence-electron chi connectivity index (χ1n) is 5.50. The molecule has 1 aliphatic heterocycles. The van der Waals surface area contributed by atoms with Crippen LogP contribution in [0.25, 0.3) is 0 Å². The molecular weight excluding hydrogens is 228 g/mol. The lowest BCUT2D eigenvalue weighted by atomic mass is 9.89. The highest BCUT2D eigenvalue weighted by Gasteiger charge is 2.35. The molecule has 1 aliphatic rings. The second kappa shape index (κ2) is 5.14. The van der Waals surface area contributed by atoms with E-state index in [1.165, 1.54) is 6.26 Å². The number of amides is 1. The van der Waals surface area contributed by atoms with Crippen LogP contribution in [0.15, 0.2) is 0 Å². The summed E-state index contributed by atoms with van der Waals surface area (Å²) >= 11 is 0. The molecular formula is C10H20N2O3S. The van der Waals surface area contributed by atoms with E-state index in [1.807, 2.05) is 6.92 Å². The molecule has 0 radical (unpaired) electrons. The lowest BCUT2D eigenvalue weighted by Crippen LogP contribution is -2.41. The van der Waals surface area contributed by atoms with Crippen LogP contribution >= 0.6 is 0 Å². The molecule has 1 fully saturated rings. The van der Waals surface area contributed by atoms with Crippen LogP contribution in [0, 0.1) is 5.41 Å². The van der Waals surface area contributed by atoms with Crippen molar-refractivity contribution in [2.24, 2.45) is 5.41 Å². The van der Waals surface area contributed by atoms with Crippen molar-refractivity contribution < 1.29 is 13.2 Å². The zero-order chi connectivity index (χ0) is 12.2. The van der Waals surface area contributed by atoms with Crippen LogP contribution in [-0.4, -0.2) is 46.0 Å². The second-order valence-electron chi connectivity index (χ2n) is 4.73. The van der Waals surface area contributed by atoms with Gasteiger partial charge in [0.1, 0.15) is 9.84 Å². The van der Waals surface area contributed by atoms with Crippen LogP contribution in [0.3, 0.4) is 0 Å². The summed E-state index contributed by atoms with van der Waals surface area (Å²) in [5.41, 5.74) is -0.328. The first-order valence-corrected chi connectivity index (χ1v) is 7.56. The van der Waals surface area contributed by atoms with E-state index in [0.29, 0.717) is 19.5 Å². The van der Waals surface area contributed by atoms with E-state index >= 15 is 0 Å². The van der Waals surface area contributed by atoms with Gasteiger partial charge in [-0.25, -0.2) is 8.42 Å². The fourth-order valence-electron chi connectivity index (χ4n) is 1.76. The Labute approximate surface area is 96.9 Å². The molecule has 5 nitrogen and oxygen atoms in total. The Kier molecular flexibility index (Phi) is 4.32. The van der Waals surface area contributed by atoms with Gasteiger partial charge in [-0.05, 0) is 26.3 Å². The van der Waals surface area contributed by atoms with Crippen molar-refractivity contribution in [2.45, 2.75) is 19.8 Å². The fraction of sp³-hybridized carbons (Fsp3) is 0.900. The van der Waals surface area contributed by atoms with Gasteiger partial charge in [-0.1, -0.05) is 0 Å². The molecule has 0 spiro atoms. The van der Waals surface area contributed by atoms with Gasteiger partial charge in [0.15, 0.2) is 0 Å². The largest absolute Gasteiger partial charge is 0.356 e. The summed E-state index contributed by atoms with van der Waals surface area (Å²) in [6, 6.07) is 0. The summed E-state index contributed by atoms with van der Waals surface area (Å²) in [6.07, 6.45) is 2.52. The summed E-state index contributed by atoms with van der Waals surface area (Å²) < 4.78 is 21.7. The molecule has 1 saturated heterocycles. The highest BCUT2D eigenvalue weighted by molar-refractivity contribution is 7.90. The van der Waals surface area contributed by atoms with E-state index in [2.05, 4.69) is 10.6 Å². The van der Waals surface area contributed by atoms with E-state index in [9.17, 15) is 13.2 Å². The molecule has 0 bridgehead atoms. The van der Waals surface area contributed by atoms with Gasteiger partial charge in [0.25, 0.3) is 0 Å². The maximum Gasteiger partial charge on any atom is 0.227 e. The Morgan fingerprint density at radius 3 is 2.69 bits per heavy atom. The Morgan fingerprint density at radius 2 is 2.19 bits per heavy atom. The zero-order valence-electron chi connectivity index (χ0n) is 9.88. The Hall–Kier alpha value is -0.620. The molecule has 1 heterocycles. The number of sulfone groups is 1. The van der Waals surface area contributed by atoms with Gasteiger partial charge in [0.05, 0.1) is 11.2 Å². The van der Waals surface area contributed by atoms with Gasteiger partial charge in [-0.2, -0.15) is 0 Å². The summed E-state index contributed by atoms with van der Waals surface area (Å²) in [5, 5.41) is 5.95. The lowest BCUT2D eigenvalue weighted by Gasteiger charge is -2.21. The monoisotopic (exact) mass is 248 g/mol. The SMILES string of the molecule is CC1(C(=O)NCCCS(C)(=O)=O)CCNC1. The van der Waals surface area contributed by atoms with Gasteiger partial charge in [0, 0.05) is 19.3 Å². The molecule has 2 N–H and O–H groups in total. The summed E-state index contributed by atoms with van der Waals surface area (Å²) in [6.45, 7) is 3.93. The summed E-state index contributed by atoms with van der Waals surface area (Å²) in [4.78, 5) is 11.8. The highest BCUT2D eigenvalue weighted by Crippen LogP contribution is 2.24. The van der Waals surface area contributed by atoms with Crippen molar-refractivity contribution in [3.63, 3.8) is 0 Å². The maximum atomic E-state index is 11.8. The highest BCUT2D eigenvalue weighted by atomic mass is 32.2. The topological polar surface area (TPSA) is 75.3 Å². The molecule has 6 heteroatoms. The maximum absolute atomic E-state index is 11.8. The van der Waals surface area contributed by atoms with Gasteiger partial charge in [0.2, 0.25) is 5.91 Å². The molecule has 0 aromatic heterocycles. The fourth-order valence-corrected chi connectivity index (χ4v) is 2.43. The number of rotatable bonds is 5. The molecule has 1 unspecified atom stereocenters. The van der Waals surface area contributed by atoms with Crippen molar-refractivity contribution in [3.05, 3.63) is 0 Å². The first-order chi connectivity index (χ1) is 7.33. The number of hydrogen-bond donors (Lipinski definition) is 2. The average molecular weight is 248 g/mol. The minimum atomic E-state index is -2.92. The molecule has 1 atom stereocenters. The average Bonchev–Trinajstić information content (AvgIpc) is 2.59. The standard InChI is InChI=1S/C10H20N2O3S/c1-10(4-6-11-8-10)9(13)12-5-3-7-16(2,14)15/h11H,3-8H2,1-2H3,(H,12,13). The van der Waals surface area contributed by atoms with Crippen LogP contribution in [0.4, 0.5) is 0 Å². The lowest BCUT2D eigenvalue weighted by molar-refractivity contribution is -0.129. The quantitative estimate of drug-likeness (QED) is 0.645. The third kappa shape index (κ3) is 4.09. The molecule has 94 valence electrons. The molecule has 1 amide bonds. The van der Waals surface area contributed by atoms with Crippen molar-refractivity contribution in [1.82, 2.24) is 10.6 Å². The Morgan fingerprint density at radius 1 is 1.50 bits per heavy atom. The van der Waals surface area contributed by atoms with E-state index in [-0.39, 0.29) is 17.1 Å². The smallest absolute Gasteiger partial charge is 0.227 e. The van der Waals surface area contributed by atoms with Crippen LogP contribution in [-0.2, 0) is 14.6 Å². The van der Waals surface area contributed by atoms with E-state index in [0.717, 1.165) is 13.0 Å². The number of nitrogens with one attached hydrogen (secondary N) is 2. The van der Waals surface area contributed by atoms with Crippen molar-refractivity contribution in [3.8, 4) is 0 Å². The minimum Gasteiger partial charge on any atom is -0.356 e. The minimum absolute atomic E-state index is 0.0194. The number of carbonyl (C=O) groups is 1. The van der Waals surface area contributed by atoms with Crippen LogP contribution < -0.4 is 10.6 Å². The van der Waals surface area contributed by atoms with Crippen molar-refractivity contribution in [2.75, 3.05) is 31.6 Å². The van der Waals surface area contributed by atoms with Crippen molar-refractivity contribution in [1.29, 1.82) is 0 Å². The van der Waals surface area contributed by atoms with E-state index < -0.39 is 9.84 Å². The van der Waals surface area contributed by atoms with Gasteiger partial charge < -0.3 is 10.6 Å². The number of carbonyl (C=O) groups excluding carboxylic acids is 1. The molecule has 0 aromatic rings. The van der Waals surface area contributed by atoms with Gasteiger partial charge in [-0.15, -0.1) is 0 Å². The van der Waals surface area contributed by atoms with Crippen molar-refractivity contribution >= 4 is 15.7 Å². The second-order valence-corrected chi connectivity index (χ2v) is 6.99. The molecule has 0 aromatic carbocycles. The van der Waals surface area contributed by atoms with E-state index in [4.69, 9.17) is 0 Å². The predicted molar refractivity (Wildman–Crippen MR) is 62.9 cm³/mol. The third-order valence-corrected chi connectivity index (χ3v) is 3.92. The molecule has 0 saturated carbocycles. The van der Waals surface area contributed by atoms with Crippen LogP contribution in [0.2, 0.25) is 0 Å². The van der Waals surface area contributed by atoms with Gasteiger partial charge in [-0.3, -0.25) is 4.79 Å². The normalized spacial score (nSPS) is 25.6. The zero-order valence-corrected chi connectivity index (χ0v) is 10.7. The molecule has 0 aliphatic carbocycles. The van der Waals surface area contributed by atoms with Gasteiger partial charge >= 0.3 is 0 Å². The first kappa shape index (κ1) is 13.4. The molecule has 1 rings (SSSR count). The Balaban J connectivity index is 2.25. The van der Waals surface area contributed by atoms with E-state index in [1.54, 1.807) is 0 Å². The predicted octanol–water partition coefficient (Wildman–Crippen LogP) is -0.463. The van der Waals surface area contributed by atoms with Crippen LogP contribution in [0.1, 0.15) is 19.8 Å². The Bertz CT molecular complexity index is 345. The summed E-state index contributed by atoms with van der Waals surface area (Å²) in [5.74, 6) is 0.147. The van der Waals surface area contributed by atoms with Crippen LogP contribution in [0.5, 0.6) is 0 Å².